The number of aromatic nitrogens is 1. The number of anilines is 2. The van der Waals surface area contributed by atoms with Crippen molar-refractivity contribution >= 4 is 28.9 Å². The molecule has 1 aromatic heterocycles. The van der Waals surface area contributed by atoms with Crippen molar-refractivity contribution in [1.29, 1.82) is 0 Å². The van der Waals surface area contributed by atoms with Gasteiger partial charge in [0.1, 0.15) is 5.69 Å². The average molecular weight is 290 g/mol. The lowest BCUT2D eigenvalue weighted by Gasteiger charge is -2.09. The van der Waals surface area contributed by atoms with Crippen molar-refractivity contribution in [3.05, 3.63) is 52.8 Å². The minimum absolute atomic E-state index is 0.255. The second kappa shape index (κ2) is 6.39. The zero-order valence-corrected chi connectivity index (χ0v) is 12.2. The first kappa shape index (κ1) is 14.3. The zero-order valence-electron chi connectivity index (χ0n) is 11.4. The number of amides is 1. The molecule has 0 radical (unpaired) electrons. The maximum atomic E-state index is 12.2. The van der Waals surface area contributed by atoms with E-state index in [9.17, 15) is 4.79 Å². The largest absolute Gasteiger partial charge is 0.385 e. The summed E-state index contributed by atoms with van der Waals surface area (Å²) in [6.45, 7) is 4.70. The Balaban J connectivity index is 2.19. The van der Waals surface area contributed by atoms with Crippen LogP contribution in [-0.4, -0.2) is 17.4 Å². The molecule has 0 spiro atoms. The van der Waals surface area contributed by atoms with Gasteiger partial charge in [-0.25, -0.2) is 0 Å². The molecular formula is C15H16ClN3O. The minimum atomic E-state index is -0.255. The Hall–Kier alpha value is -2.07. The fourth-order valence-corrected chi connectivity index (χ4v) is 1.96. The van der Waals surface area contributed by atoms with Crippen LogP contribution in [0.15, 0.2) is 36.5 Å². The number of hydrogen-bond donors (Lipinski definition) is 2. The second-order valence-electron chi connectivity index (χ2n) is 4.37. The summed E-state index contributed by atoms with van der Waals surface area (Å²) in [4.78, 5) is 16.3. The van der Waals surface area contributed by atoms with Crippen molar-refractivity contribution in [3.8, 4) is 0 Å². The number of pyridine rings is 1. The molecule has 1 amide bonds. The van der Waals surface area contributed by atoms with Crippen molar-refractivity contribution in [2.45, 2.75) is 13.8 Å². The smallest absolute Gasteiger partial charge is 0.274 e. The lowest BCUT2D eigenvalue weighted by molar-refractivity contribution is 0.102. The molecule has 2 aromatic rings. The molecule has 2 N–H and O–H groups in total. The Morgan fingerprint density at radius 2 is 2.10 bits per heavy atom. The highest BCUT2D eigenvalue weighted by Gasteiger charge is 2.10. The van der Waals surface area contributed by atoms with Crippen LogP contribution < -0.4 is 10.6 Å². The fraction of sp³-hybridized carbons (Fsp3) is 0.200. The third-order valence-corrected chi connectivity index (χ3v) is 3.06. The maximum absolute atomic E-state index is 12.2. The first-order valence-electron chi connectivity index (χ1n) is 6.37. The molecule has 0 aliphatic heterocycles. The van der Waals surface area contributed by atoms with Crippen LogP contribution in [0.1, 0.15) is 23.0 Å². The van der Waals surface area contributed by atoms with Crippen molar-refractivity contribution in [1.82, 2.24) is 4.98 Å². The monoisotopic (exact) mass is 289 g/mol. The summed E-state index contributed by atoms with van der Waals surface area (Å²) < 4.78 is 0. The molecule has 5 heteroatoms. The van der Waals surface area contributed by atoms with Crippen LogP contribution in [0.5, 0.6) is 0 Å². The van der Waals surface area contributed by atoms with E-state index in [-0.39, 0.29) is 5.91 Å². The third kappa shape index (κ3) is 3.48. The van der Waals surface area contributed by atoms with Gasteiger partial charge in [0, 0.05) is 29.1 Å². The summed E-state index contributed by atoms with van der Waals surface area (Å²) in [5, 5.41) is 6.55. The highest BCUT2D eigenvalue weighted by Crippen LogP contribution is 2.21. The van der Waals surface area contributed by atoms with Crippen LogP contribution in [0, 0.1) is 6.92 Å². The molecule has 0 unspecified atom stereocenters. The molecule has 1 aromatic carbocycles. The van der Waals surface area contributed by atoms with Gasteiger partial charge in [0.25, 0.3) is 5.91 Å². The lowest BCUT2D eigenvalue weighted by Crippen LogP contribution is -2.14. The molecule has 0 aliphatic carbocycles. The van der Waals surface area contributed by atoms with Gasteiger partial charge >= 0.3 is 0 Å². The molecule has 0 aliphatic rings. The number of benzene rings is 1. The topological polar surface area (TPSA) is 54.0 Å². The van der Waals surface area contributed by atoms with Crippen LogP contribution in [0.2, 0.25) is 5.02 Å². The van der Waals surface area contributed by atoms with Gasteiger partial charge in [-0.3, -0.25) is 9.78 Å². The van der Waals surface area contributed by atoms with Crippen molar-refractivity contribution in [3.63, 3.8) is 0 Å². The highest BCUT2D eigenvalue weighted by molar-refractivity contribution is 6.31. The number of halogens is 1. The van der Waals surface area contributed by atoms with E-state index in [0.717, 1.165) is 17.8 Å². The molecule has 104 valence electrons. The number of nitrogens with one attached hydrogen (secondary N) is 2. The number of hydrogen-bond acceptors (Lipinski definition) is 3. The highest BCUT2D eigenvalue weighted by atomic mass is 35.5. The van der Waals surface area contributed by atoms with E-state index in [1.54, 1.807) is 24.4 Å². The van der Waals surface area contributed by atoms with Crippen LogP contribution in [0.3, 0.4) is 0 Å². The number of carbonyl (C=O) groups excluding carboxylic acids is 1. The van der Waals surface area contributed by atoms with Gasteiger partial charge in [0.15, 0.2) is 0 Å². The number of aryl methyl sites for hydroxylation is 1. The van der Waals surface area contributed by atoms with Gasteiger partial charge in [0.2, 0.25) is 0 Å². The Labute approximate surface area is 123 Å². The van der Waals surface area contributed by atoms with Crippen molar-refractivity contribution in [2.75, 3.05) is 17.2 Å². The van der Waals surface area contributed by atoms with E-state index < -0.39 is 0 Å². The summed E-state index contributed by atoms with van der Waals surface area (Å²) >= 11 is 5.94. The van der Waals surface area contributed by atoms with Crippen LogP contribution in [-0.2, 0) is 0 Å². The van der Waals surface area contributed by atoms with Gasteiger partial charge in [-0.15, -0.1) is 0 Å². The van der Waals surface area contributed by atoms with Crippen molar-refractivity contribution in [2.24, 2.45) is 0 Å². The fourth-order valence-electron chi connectivity index (χ4n) is 1.78. The van der Waals surface area contributed by atoms with E-state index in [1.165, 1.54) is 0 Å². The Kier molecular flexibility index (Phi) is 4.58. The summed E-state index contributed by atoms with van der Waals surface area (Å²) in [6.07, 6.45) is 1.61. The van der Waals surface area contributed by atoms with Gasteiger partial charge in [-0.05, 0) is 43.7 Å². The molecule has 20 heavy (non-hydrogen) atoms. The Morgan fingerprint density at radius 3 is 2.85 bits per heavy atom. The van der Waals surface area contributed by atoms with Crippen LogP contribution >= 0.6 is 11.6 Å². The molecule has 0 fully saturated rings. The summed E-state index contributed by atoms with van der Waals surface area (Å²) in [5.74, 6) is -0.255. The molecular weight excluding hydrogens is 274 g/mol. The average Bonchev–Trinajstić information content (AvgIpc) is 2.43. The van der Waals surface area contributed by atoms with Crippen LogP contribution in [0.4, 0.5) is 11.4 Å². The first-order valence-corrected chi connectivity index (χ1v) is 6.75. The van der Waals surface area contributed by atoms with Gasteiger partial charge < -0.3 is 10.6 Å². The first-order chi connectivity index (χ1) is 9.60. The van der Waals surface area contributed by atoms with E-state index in [2.05, 4.69) is 15.6 Å². The van der Waals surface area contributed by atoms with E-state index in [0.29, 0.717) is 16.4 Å². The molecule has 4 nitrogen and oxygen atoms in total. The molecule has 0 atom stereocenters. The van der Waals surface area contributed by atoms with E-state index in [4.69, 9.17) is 11.6 Å². The minimum Gasteiger partial charge on any atom is -0.385 e. The predicted molar refractivity (Wildman–Crippen MR) is 82.5 cm³/mol. The Morgan fingerprint density at radius 1 is 1.30 bits per heavy atom. The normalized spacial score (nSPS) is 10.2. The zero-order chi connectivity index (χ0) is 14.5. The standard InChI is InChI=1S/C15H16ClN3O/c1-3-17-12-6-7-18-14(9-12)15(20)19-13-8-11(16)5-4-10(13)2/h4-9H,3H2,1-2H3,(H,17,18)(H,19,20). The SMILES string of the molecule is CCNc1ccnc(C(=O)Nc2cc(Cl)ccc2C)c1. The number of nitrogens with zero attached hydrogens (tertiary/aromatic N) is 1. The third-order valence-electron chi connectivity index (χ3n) is 2.82. The summed E-state index contributed by atoms with van der Waals surface area (Å²) in [7, 11) is 0. The Bertz CT molecular complexity index is 628. The van der Waals surface area contributed by atoms with Crippen molar-refractivity contribution < 1.29 is 4.79 Å². The van der Waals surface area contributed by atoms with E-state index >= 15 is 0 Å². The summed E-state index contributed by atoms with van der Waals surface area (Å²) in [6, 6.07) is 8.92. The number of rotatable bonds is 4. The van der Waals surface area contributed by atoms with Crippen LogP contribution in [0.25, 0.3) is 0 Å². The molecule has 0 bridgehead atoms. The molecule has 2 rings (SSSR count). The quantitative estimate of drug-likeness (QED) is 0.902. The molecule has 0 saturated heterocycles. The molecule has 0 saturated carbocycles. The maximum Gasteiger partial charge on any atom is 0.274 e. The van der Waals surface area contributed by atoms with E-state index in [1.807, 2.05) is 26.0 Å². The molecule has 1 heterocycles. The summed E-state index contributed by atoms with van der Waals surface area (Å²) in [5.41, 5.74) is 2.88. The number of carbonyl (C=O) groups is 1. The second-order valence-corrected chi connectivity index (χ2v) is 4.81. The van der Waals surface area contributed by atoms with Gasteiger partial charge in [-0.2, -0.15) is 0 Å². The van der Waals surface area contributed by atoms with Gasteiger partial charge in [-0.1, -0.05) is 17.7 Å². The lowest BCUT2D eigenvalue weighted by atomic mass is 10.2. The predicted octanol–water partition coefficient (Wildman–Crippen LogP) is 3.73. The van der Waals surface area contributed by atoms with Gasteiger partial charge in [0.05, 0.1) is 0 Å².